The van der Waals surface area contributed by atoms with Gasteiger partial charge in [0.1, 0.15) is 11.7 Å². The number of hydrogen-bond donors (Lipinski definition) is 2. The van der Waals surface area contributed by atoms with E-state index in [4.69, 9.17) is 15.9 Å². The van der Waals surface area contributed by atoms with E-state index in [9.17, 15) is 0 Å². The molecule has 1 aliphatic heterocycles. The van der Waals surface area contributed by atoms with E-state index in [1.807, 2.05) is 19.9 Å². The molecule has 0 radical (unpaired) electrons. The van der Waals surface area contributed by atoms with Gasteiger partial charge < -0.3 is 15.4 Å². The molecule has 1 aliphatic rings. The Labute approximate surface area is 107 Å². The van der Waals surface area contributed by atoms with Crippen LogP contribution in [0.3, 0.4) is 0 Å². The first kappa shape index (κ1) is 12.8. The molecule has 18 heavy (non-hydrogen) atoms. The van der Waals surface area contributed by atoms with E-state index in [1.54, 1.807) is 7.11 Å². The Bertz CT molecular complexity index is 472. The minimum absolute atomic E-state index is 0.0795. The average Bonchev–Trinajstić information content (AvgIpc) is 2.75. The summed E-state index contributed by atoms with van der Waals surface area (Å²) in [4.78, 5) is 6.71. The Kier molecular flexibility index (Phi) is 3.52. The van der Waals surface area contributed by atoms with Crippen molar-refractivity contribution in [1.82, 2.24) is 4.98 Å². The number of amidine groups is 1. The van der Waals surface area contributed by atoms with Crippen molar-refractivity contribution in [3.63, 3.8) is 0 Å². The van der Waals surface area contributed by atoms with E-state index < -0.39 is 0 Å². The Morgan fingerprint density at radius 3 is 2.83 bits per heavy atom. The van der Waals surface area contributed by atoms with Gasteiger partial charge in [0.05, 0.1) is 11.7 Å². The fraction of sp³-hybridized carbons (Fsp3) is 0.538. The first-order chi connectivity index (χ1) is 8.52. The van der Waals surface area contributed by atoms with Gasteiger partial charge in [-0.05, 0) is 31.9 Å². The molecule has 0 aliphatic carbocycles. The number of methoxy groups -OCH3 is 1. The molecule has 1 saturated heterocycles. The summed E-state index contributed by atoms with van der Waals surface area (Å²) in [6.07, 6.45) is 1.23. The zero-order chi connectivity index (χ0) is 13.3. The molecule has 0 spiro atoms. The lowest BCUT2D eigenvalue weighted by molar-refractivity contribution is 0.121. The predicted octanol–water partition coefficient (Wildman–Crippen LogP) is 1.21. The Morgan fingerprint density at radius 1 is 1.56 bits per heavy atom. The Balaban J connectivity index is 2.40. The molecular formula is C13H20N4O. The number of aromatic nitrogens is 1. The Hall–Kier alpha value is -1.62. The fourth-order valence-corrected chi connectivity index (χ4v) is 2.49. The van der Waals surface area contributed by atoms with Crippen LogP contribution in [-0.4, -0.2) is 37.1 Å². The molecule has 0 saturated carbocycles. The van der Waals surface area contributed by atoms with Crippen molar-refractivity contribution in [2.24, 2.45) is 5.73 Å². The van der Waals surface area contributed by atoms with Crippen LogP contribution < -0.4 is 10.6 Å². The van der Waals surface area contributed by atoms with Crippen molar-refractivity contribution < 1.29 is 4.74 Å². The number of pyridine rings is 1. The van der Waals surface area contributed by atoms with Crippen LogP contribution in [0.2, 0.25) is 0 Å². The smallest absolute Gasteiger partial charge is 0.140 e. The maximum Gasteiger partial charge on any atom is 0.140 e. The number of nitrogens with zero attached hydrogens (tertiary/aromatic N) is 2. The summed E-state index contributed by atoms with van der Waals surface area (Å²) < 4.78 is 5.37. The normalized spacial score (nSPS) is 19.3. The molecule has 5 heteroatoms. The number of hydrogen-bond acceptors (Lipinski definition) is 4. The summed E-state index contributed by atoms with van der Waals surface area (Å²) in [5.41, 5.74) is 8.39. The standard InChI is InChI=1S/C13H20N4O/c1-8-6-9(2)16-13(11(8)12(14)15)17-5-4-10(7-17)18-3/h6,10H,4-5,7H2,1-3H3,(H3,14,15). The second-order valence-corrected chi connectivity index (χ2v) is 4.79. The molecule has 98 valence electrons. The molecule has 5 nitrogen and oxygen atoms in total. The molecule has 0 aromatic carbocycles. The van der Waals surface area contributed by atoms with E-state index in [0.717, 1.165) is 42.1 Å². The zero-order valence-electron chi connectivity index (χ0n) is 11.2. The minimum Gasteiger partial charge on any atom is -0.384 e. The predicted molar refractivity (Wildman–Crippen MR) is 72.4 cm³/mol. The number of rotatable bonds is 3. The number of nitrogens with one attached hydrogen (secondary N) is 1. The van der Waals surface area contributed by atoms with E-state index in [1.165, 1.54) is 0 Å². The number of nitrogen functional groups attached to an aromatic ring is 1. The summed E-state index contributed by atoms with van der Waals surface area (Å²) in [7, 11) is 1.73. The van der Waals surface area contributed by atoms with Gasteiger partial charge in [0, 0.05) is 25.9 Å². The third kappa shape index (κ3) is 2.31. The molecule has 0 amide bonds. The van der Waals surface area contributed by atoms with Gasteiger partial charge in [-0.2, -0.15) is 0 Å². The van der Waals surface area contributed by atoms with Crippen molar-refractivity contribution in [1.29, 1.82) is 5.41 Å². The zero-order valence-corrected chi connectivity index (χ0v) is 11.2. The molecule has 2 heterocycles. The maximum atomic E-state index is 7.73. The van der Waals surface area contributed by atoms with Crippen molar-refractivity contribution in [3.05, 3.63) is 22.9 Å². The van der Waals surface area contributed by atoms with Crippen LogP contribution >= 0.6 is 0 Å². The molecule has 1 atom stereocenters. The van der Waals surface area contributed by atoms with Gasteiger partial charge in [-0.15, -0.1) is 0 Å². The highest BCUT2D eigenvalue weighted by Gasteiger charge is 2.26. The summed E-state index contributed by atoms with van der Waals surface area (Å²) >= 11 is 0. The molecular weight excluding hydrogens is 228 g/mol. The molecule has 0 bridgehead atoms. The highest BCUT2D eigenvalue weighted by molar-refractivity contribution is 6.01. The largest absolute Gasteiger partial charge is 0.384 e. The second-order valence-electron chi connectivity index (χ2n) is 4.79. The first-order valence-electron chi connectivity index (χ1n) is 6.13. The van der Waals surface area contributed by atoms with Crippen LogP contribution in [-0.2, 0) is 4.74 Å². The van der Waals surface area contributed by atoms with Crippen LogP contribution in [0.15, 0.2) is 6.07 Å². The lowest BCUT2D eigenvalue weighted by Gasteiger charge is -2.22. The number of anilines is 1. The van der Waals surface area contributed by atoms with Crippen LogP contribution in [0.1, 0.15) is 23.2 Å². The van der Waals surface area contributed by atoms with Crippen LogP contribution in [0.4, 0.5) is 5.82 Å². The van der Waals surface area contributed by atoms with E-state index >= 15 is 0 Å². The Morgan fingerprint density at radius 2 is 2.28 bits per heavy atom. The van der Waals surface area contributed by atoms with Gasteiger partial charge in [0.2, 0.25) is 0 Å². The average molecular weight is 248 g/mol. The lowest BCUT2D eigenvalue weighted by atomic mass is 10.1. The fourth-order valence-electron chi connectivity index (χ4n) is 2.49. The number of aryl methyl sites for hydroxylation is 2. The molecule has 1 aromatic heterocycles. The van der Waals surface area contributed by atoms with Crippen molar-refractivity contribution in [2.75, 3.05) is 25.1 Å². The second kappa shape index (κ2) is 4.94. The SMILES string of the molecule is COC1CCN(c2nc(C)cc(C)c2C(=N)N)C1. The van der Waals surface area contributed by atoms with E-state index in [2.05, 4.69) is 9.88 Å². The molecule has 1 fully saturated rings. The van der Waals surface area contributed by atoms with Gasteiger partial charge in [-0.1, -0.05) is 0 Å². The molecule has 1 unspecified atom stereocenters. The molecule has 2 rings (SSSR count). The quantitative estimate of drug-likeness (QED) is 0.622. The topological polar surface area (TPSA) is 75.2 Å². The van der Waals surface area contributed by atoms with Crippen LogP contribution in [0, 0.1) is 19.3 Å². The molecule has 1 aromatic rings. The molecule has 3 N–H and O–H groups in total. The monoisotopic (exact) mass is 248 g/mol. The van der Waals surface area contributed by atoms with Gasteiger partial charge in [0.25, 0.3) is 0 Å². The van der Waals surface area contributed by atoms with E-state index in [-0.39, 0.29) is 11.9 Å². The summed E-state index contributed by atoms with van der Waals surface area (Å²) in [5, 5.41) is 7.73. The summed E-state index contributed by atoms with van der Waals surface area (Å²) in [6.45, 7) is 5.64. The minimum atomic E-state index is 0.0795. The van der Waals surface area contributed by atoms with Crippen LogP contribution in [0.5, 0.6) is 0 Å². The third-order valence-corrected chi connectivity index (χ3v) is 3.37. The highest BCUT2D eigenvalue weighted by atomic mass is 16.5. The van der Waals surface area contributed by atoms with E-state index in [0.29, 0.717) is 0 Å². The third-order valence-electron chi connectivity index (χ3n) is 3.37. The van der Waals surface area contributed by atoms with Gasteiger partial charge in [-0.3, -0.25) is 5.41 Å². The van der Waals surface area contributed by atoms with Crippen molar-refractivity contribution in [2.45, 2.75) is 26.4 Å². The lowest BCUT2D eigenvalue weighted by Crippen LogP contribution is -2.27. The number of ether oxygens (including phenoxy) is 1. The van der Waals surface area contributed by atoms with Crippen molar-refractivity contribution in [3.8, 4) is 0 Å². The van der Waals surface area contributed by atoms with Crippen LogP contribution in [0.25, 0.3) is 0 Å². The maximum absolute atomic E-state index is 7.73. The first-order valence-corrected chi connectivity index (χ1v) is 6.13. The summed E-state index contributed by atoms with van der Waals surface area (Å²) in [5.74, 6) is 0.899. The van der Waals surface area contributed by atoms with Crippen molar-refractivity contribution >= 4 is 11.7 Å². The number of nitrogens with two attached hydrogens (primary N) is 1. The highest BCUT2D eigenvalue weighted by Crippen LogP contribution is 2.26. The summed E-state index contributed by atoms with van der Waals surface area (Å²) in [6, 6.07) is 1.96. The van der Waals surface area contributed by atoms with Gasteiger partial charge in [0.15, 0.2) is 0 Å². The van der Waals surface area contributed by atoms with Gasteiger partial charge in [-0.25, -0.2) is 4.98 Å². The van der Waals surface area contributed by atoms with Gasteiger partial charge >= 0.3 is 0 Å².